The Balaban J connectivity index is 1.88. The minimum absolute atomic E-state index is 0.0702. The lowest BCUT2D eigenvalue weighted by atomic mass is 9.53. The molecule has 6 N–H and O–H groups in total. The molecule has 1 aromatic rings. The number of phenolic OH excluding ortho intramolecular Hbond substituents is 1. The zero-order valence-electron chi connectivity index (χ0n) is 16.6. The maximum atomic E-state index is 13.2. The summed E-state index contributed by atoms with van der Waals surface area (Å²) in [4.78, 5) is 39.7. The fourth-order valence-corrected chi connectivity index (χ4v) is 5.63. The minimum atomic E-state index is -2.48. The lowest BCUT2D eigenvalue weighted by Crippen LogP contribution is -2.71. The van der Waals surface area contributed by atoms with Gasteiger partial charge in [0.25, 0.3) is 5.91 Å². The number of likely N-dealkylation sites (N-methyl/N-ethyl adjacent to an activating group) is 1. The molecule has 4 rings (SSSR count). The van der Waals surface area contributed by atoms with E-state index in [2.05, 4.69) is 0 Å². The van der Waals surface area contributed by atoms with Gasteiger partial charge in [0.2, 0.25) is 5.78 Å². The second kappa shape index (κ2) is 6.63. The molecule has 6 atom stereocenters. The van der Waals surface area contributed by atoms with E-state index in [-0.39, 0.29) is 17.7 Å². The van der Waals surface area contributed by atoms with Gasteiger partial charge in [-0.2, -0.15) is 0 Å². The smallest absolute Gasteiger partial charge is 0.255 e. The van der Waals surface area contributed by atoms with Crippen LogP contribution in [0.5, 0.6) is 5.75 Å². The van der Waals surface area contributed by atoms with Crippen molar-refractivity contribution in [3.63, 3.8) is 0 Å². The quantitative estimate of drug-likeness (QED) is 0.395. The number of ketones is 2. The van der Waals surface area contributed by atoms with Crippen LogP contribution >= 0.6 is 0 Å². The van der Waals surface area contributed by atoms with Gasteiger partial charge in [-0.3, -0.25) is 19.3 Å². The Morgan fingerprint density at radius 2 is 1.90 bits per heavy atom. The molecule has 1 fully saturated rings. The largest absolute Gasteiger partial charge is 0.510 e. The van der Waals surface area contributed by atoms with E-state index in [1.807, 2.05) is 0 Å². The Bertz CT molecular complexity index is 1000. The third-order valence-electron chi connectivity index (χ3n) is 6.89. The highest BCUT2D eigenvalue weighted by molar-refractivity contribution is 6.23. The van der Waals surface area contributed by atoms with Crippen LogP contribution in [-0.4, -0.2) is 74.6 Å². The second-order valence-corrected chi connectivity index (χ2v) is 8.64. The van der Waals surface area contributed by atoms with Crippen molar-refractivity contribution in [2.24, 2.45) is 23.5 Å². The van der Waals surface area contributed by atoms with Crippen LogP contribution in [0.2, 0.25) is 0 Å². The molecule has 160 valence electrons. The Labute approximate surface area is 172 Å². The number of carbonyl (C=O) groups excluding carboxylic acids is 3. The van der Waals surface area contributed by atoms with Gasteiger partial charge in [-0.25, -0.2) is 0 Å². The van der Waals surface area contributed by atoms with Crippen molar-refractivity contribution in [1.29, 1.82) is 0 Å². The molecular weight excluding hydrogens is 392 g/mol. The second-order valence-electron chi connectivity index (χ2n) is 8.64. The molecule has 1 amide bonds. The highest BCUT2D eigenvalue weighted by Gasteiger charge is 2.66. The van der Waals surface area contributed by atoms with Gasteiger partial charge >= 0.3 is 0 Å². The molecule has 5 unspecified atom stereocenters. The number of hydrogen-bond acceptors (Lipinski definition) is 8. The molecule has 3 aliphatic carbocycles. The number of carbonyl (C=O) groups is 3. The van der Waals surface area contributed by atoms with Crippen molar-refractivity contribution in [2.75, 3.05) is 14.1 Å². The van der Waals surface area contributed by atoms with Gasteiger partial charge in [-0.05, 0) is 44.5 Å². The first-order valence-electron chi connectivity index (χ1n) is 9.71. The molecule has 0 radical (unpaired) electrons. The third kappa shape index (κ3) is 2.49. The van der Waals surface area contributed by atoms with Gasteiger partial charge in [0.15, 0.2) is 11.4 Å². The lowest BCUT2D eigenvalue weighted by molar-refractivity contribution is -0.190. The molecule has 0 saturated heterocycles. The predicted octanol–water partition coefficient (Wildman–Crippen LogP) is -0.714. The average Bonchev–Trinajstić information content (AvgIpc) is 2.64. The number of nitrogens with two attached hydrogens (primary N) is 1. The highest BCUT2D eigenvalue weighted by Crippen LogP contribution is 2.52. The number of aliphatic hydroxyl groups is 3. The van der Waals surface area contributed by atoms with Crippen LogP contribution in [0, 0.1) is 17.8 Å². The number of Topliss-reactive ketones (excluding diaryl/α,β-unsaturated/α-hetero) is 2. The van der Waals surface area contributed by atoms with Crippen LogP contribution in [-0.2, 0) is 16.0 Å². The van der Waals surface area contributed by atoms with Crippen LogP contribution in [0.4, 0.5) is 0 Å². The summed E-state index contributed by atoms with van der Waals surface area (Å²) in [6, 6.07) is 3.75. The van der Waals surface area contributed by atoms with Crippen LogP contribution in [0.15, 0.2) is 29.5 Å². The van der Waals surface area contributed by atoms with Crippen LogP contribution in [0.25, 0.3) is 0 Å². The number of hydrogen-bond donors (Lipinski definition) is 5. The number of nitrogens with zero attached hydrogens (tertiary/aromatic N) is 1. The number of fused-ring (bicyclic) bond motifs is 3. The summed E-state index contributed by atoms with van der Waals surface area (Å²) in [5.41, 5.74) is 2.74. The van der Waals surface area contributed by atoms with E-state index in [4.69, 9.17) is 5.73 Å². The van der Waals surface area contributed by atoms with E-state index in [9.17, 15) is 34.8 Å². The SMILES string of the molecule is CN(C)C1C(O)=C(C(N)=O)C(=O)[C@@]2(O)C(O)C3C(=O)c4c(O)cccc4CC3CC12. The van der Waals surface area contributed by atoms with Crippen LogP contribution < -0.4 is 5.73 Å². The standard InChI is InChI=1S/C21H24N2O7/c1-23(2)15-10-7-9-6-8-4-3-5-11(24)12(8)16(25)13(9)18(27)21(10,30)19(28)14(17(15)26)20(22)29/h3-5,9-10,13,15,18,24,26-27,30H,6-7H2,1-2H3,(H2,22,29)/t9?,10?,13?,15?,18?,21-/m0/s1. The van der Waals surface area contributed by atoms with Crippen molar-refractivity contribution >= 4 is 17.5 Å². The molecule has 0 spiro atoms. The number of primary amides is 1. The fraction of sp³-hybridized carbons (Fsp3) is 0.476. The summed E-state index contributed by atoms with van der Waals surface area (Å²) in [6.07, 6.45) is -1.34. The Morgan fingerprint density at radius 1 is 1.23 bits per heavy atom. The Morgan fingerprint density at radius 3 is 2.50 bits per heavy atom. The van der Waals surface area contributed by atoms with Crippen molar-refractivity contribution in [2.45, 2.75) is 30.6 Å². The van der Waals surface area contributed by atoms with E-state index in [1.54, 1.807) is 26.2 Å². The maximum Gasteiger partial charge on any atom is 0.255 e. The van der Waals surface area contributed by atoms with Gasteiger partial charge in [-0.1, -0.05) is 12.1 Å². The van der Waals surface area contributed by atoms with Gasteiger partial charge in [-0.15, -0.1) is 0 Å². The van der Waals surface area contributed by atoms with Crippen molar-refractivity contribution in [1.82, 2.24) is 4.90 Å². The van der Waals surface area contributed by atoms with Gasteiger partial charge in [0.1, 0.15) is 23.2 Å². The Kier molecular flexibility index (Phi) is 4.53. The monoisotopic (exact) mass is 416 g/mol. The number of rotatable bonds is 2. The van der Waals surface area contributed by atoms with E-state index in [0.717, 1.165) is 0 Å². The zero-order valence-corrected chi connectivity index (χ0v) is 16.6. The zero-order chi connectivity index (χ0) is 22.1. The summed E-state index contributed by atoms with van der Waals surface area (Å²) in [7, 11) is 3.21. The average molecular weight is 416 g/mol. The molecule has 1 saturated carbocycles. The van der Waals surface area contributed by atoms with E-state index in [1.165, 1.54) is 11.0 Å². The normalized spacial score (nSPS) is 35.7. The first-order chi connectivity index (χ1) is 14.0. The number of aliphatic hydroxyl groups excluding tert-OH is 2. The number of benzene rings is 1. The van der Waals surface area contributed by atoms with Gasteiger partial charge < -0.3 is 26.2 Å². The van der Waals surface area contributed by atoms with Crippen LogP contribution in [0.3, 0.4) is 0 Å². The predicted molar refractivity (Wildman–Crippen MR) is 104 cm³/mol. The molecule has 0 heterocycles. The molecule has 9 heteroatoms. The number of phenols is 1. The molecule has 0 aliphatic heterocycles. The molecule has 0 aromatic heterocycles. The maximum absolute atomic E-state index is 13.2. The molecule has 3 aliphatic rings. The van der Waals surface area contributed by atoms with E-state index >= 15 is 0 Å². The fourth-order valence-electron chi connectivity index (χ4n) is 5.63. The third-order valence-corrected chi connectivity index (χ3v) is 6.89. The van der Waals surface area contributed by atoms with E-state index in [0.29, 0.717) is 12.0 Å². The van der Waals surface area contributed by atoms with E-state index < -0.39 is 64.3 Å². The first-order valence-corrected chi connectivity index (χ1v) is 9.71. The summed E-state index contributed by atoms with van der Waals surface area (Å²) in [6.45, 7) is 0. The van der Waals surface area contributed by atoms with Crippen molar-refractivity contribution in [3.05, 3.63) is 40.7 Å². The highest BCUT2D eigenvalue weighted by atomic mass is 16.4. The van der Waals surface area contributed by atoms with Crippen molar-refractivity contribution < 1.29 is 34.8 Å². The number of amides is 1. The number of aromatic hydroxyl groups is 1. The molecule has 9 nitrogen and oxygen atoms in total. The Hall–Kier alpha value is -2.75. The van der Waals surface area contributed by atoms with Gasteiger partial charge in [0.05, 0.1) is 17.5 Å². The summed E-state index contributed by atoms with van der Waals surface area (Å²) < 4.78 is 0. The summed E-state index contributed by atoms with van der Waals surface area (Å²) in [5, 5.41) is 43.4. The summed E-state index contributed by atoms with van der Waals surface area (Å²) in [5.74, 6) is -6.27. The topological polar surface area (TPSA) is 161 Å². The van der Waals surface area contributed by atoms with Crippen LogP contribution in [0.1, 0.15) is 22.3 Å². The molecule has 0 bridgehead atoms. The summed E-state index contributed by atoms with van der Waals surface area (Å²) >= 11 is 0. The first kappa shape index (κ1) is 20.5. The molecular formula is C21H24N2O7. The molecule has 30 heavy (non-hydrogen) atoms. The van der Waals surface area contributed by atoms with Crippen molar-refractivity contribution in [3.8, 4) is 5.75 Å². The lowest BCUT2D eigenvalue weighted by Gasteiger charge is -2.55. The molecule has 1 aromatic carbocycles. The van der Waals surface area contributed by atoms with Gasteiger partial charge in [0, 0.05) is 5.92 Å². The minimum Gasteiger partial charge on any atom is -0.510 e.